The predicted octanol–water partition coefficient (Wildman–Crippen LogP) is 3.05. The van der Waals surface area contributed by atoms with Gasteiger partial charge in [-0.15, -0.1) is 0 Å². The van der Waals surface area contributed by atoms with E-state index in [0.717, 1.165) is 30.9 Å². The van der Waals surface area contributed by atoms with E-state index in [-0.39, 0.29) is 0 Å². The summed E-state index contributed by atoms with van der Waals surface area (Å²) in [5, 5.41) is 0. The minimum absolute atomic E-state index is 0.572. The van der Waals surface area contributed by atoms with E-state index >= 15 is 0 Å². The lowest BCUT2D eigenvalue weighted by molar-refractivity contribution is 0.312. The Bertz CT molecular complexity index is 496. The normalized spacial score (nSPS) is 10.3. The molecule has 0 aromatic heterocycles. The molecule has 3 heteroatoms. The Balaban J connectivity index is 1.70. The van der Waals surface area contributed by atoms with E-state index in [0.29, 0.717) is 6.54 Å². The van der Waals surface area contributed by atoms with Gasteiger partial charge in [-0.25, -0.2) is 0 Å². The summed E-state index contributed by atoms with van der Waals surface area (Å²) in [6.45, 7) is 2.27. The van der Waals surface area contributed by atoms with Crippen LogP contribution in [0.25, 0.3) is 0 Å². The van der Waals surface area contributed by atoms with E-state index in [4.69, 9.17) is 10.5 Å². The van der Waals surface area contributed by atoms with E-state index in [1.54, 1.807) is 0 Å². The maximum Gasteiger partial charge on any atom is 0.119 e. The van der Waals surface area contributed by atoms with Crippen molar-refractivity contribution in [3.05, 3.63) is 60.2 Å². The van der Waals surface area contributed by atoms with Gasteiger partial charge in [0.15, 0.2) is 0 Å². The average molecular weight is 270 g/mol. The SMILES string of the molecule is CN(CCCOc1ccc(CN)cc1)c1ccccc1. The van der Waals surface area contributed by atoms with Crippen molar-refractivity contribution >= 4 is 5.69 Å². The van der Waals surface area contributed by atoms with Crippen LogP contribution in [-0.2, 0) is 6.54 Å². The molecule has 106 valence electrons. The molecule has 2 aromatic rings. The molecule has 2 aromatic carbocycles. The molecule has 0 radical (unpaired) electrons. The monoisotopic (exact) mass is 270 g/mol. The number of hydrogen-bond acceptors (Lipinski definition) is 3. The van der Waals surface area contributed by atoms with Crippen LogP contribution in [0.5, 0.6) is 5.75 Å². The van der Waals surface area contributed by atoms with E-state index < -0.39 is 0 Å². The molecular weight excluding hydrogens is 248 g/mol. The van der Waals surface area contributed by atoms with Crippen molar-refractivity contribution < 1.29 is 4.74 Å². The molecule has 20 heavy (non-hydrogen) atoms. The summed E-state index contributed by atoms with van der Waals surface area (Å²) < 4.78 is 5.72. The topological polar surface area (TPSA) is 38.5 Å². The molecule has 0 amide bonds. The first kappa shape index (κ1) is 14.4. The molecule has 0 saturated carbocycles. The summed E-state index contributed by atoms with van der Waals surface area (Å²) in [6.07, 6.45) is 0.990. The number of rotatable bonds is 7. The molecular formula is C17H22N2O. The third kappa shape index (κ3) is 4.28. The van der Waals surface area contributed by atoms with Crippen molar-refractivity contribution in [1.82, 2.24) is 0 Å². The Morgan fingerprint density at radius 1 is 1.00 bits per heavy atom. The number of benzene rings is 2. The van der Waals surface area contributed by atoms with Crippen molar-refractivity contribution in [2.75, 3.05) is 25.1 Å². The van der Waals surface area contributed by atoms with Gasteiger partial charge in [-0.05, 0) is 36.2 Å². The Morgan fingerprint density at radius 3 is 2.35 bits per heavy atom. The molecule has 0 saturated heterocycles. The number of para-hydroxylation sites is 1. The van der Waals surface area contributed by atoms with E-state index in [2.05, 4.69) is 36.2 Å². The smallest absolute Gasteiger partial charge is 0.119 e. The summed E-state index contributed by atoms with van der Waals surface area (Å²) >= 11 is 0. The van der Waals surface area contributed by atoms with Gasteiger partial charge in [0.2, 0.25) is 0 Å². The van der Waals surface area contributed by atoms with Crippen LogP contribution in [0.4, 0.5) is 5.69 Å². The second-order valence-electron chi connectivity index (χ2n) is 4.81. The first-order valence-electron chi connectivity index (χ1n) is 6.97. The van der Waals surface area contributed by atoms with Crippen LogP contribution in [-0.4, -0.2) is 20.2 Å². The largest absolute Gasteiger partial charge is 0.494 e. The van der Waals surface area contributed by atoms with Crippen LogP contribution in [0, 0.1) is 0 Å². The first-order chi connectivity index (χ1) is 9.79. The molecule has 3 nitrogen and oxygen atoms in total. The minimum Gasteiger partial charge on any atom is -0.494 e. The molecule has 0 spiro atoms. The lowest BCUT2D eigenvalue weighted by Gasteiger charge is -2.19. The van der Waals surface area contributed by atoms with Gasteiger partial charge in [-0.2, -0.15) is 0 Å². The van der Waals surface area contributed by atoms with Gasteiger partial charge in [0.25, 0.3) is 0 Å². The number of ether oxygens (including phenoxy) is 1. The third-order valence-electron chi connectivity index (χ3n) is 3.26. The molecule has 0 heterocycles. The van der Waals surface area contributed by atoms with Gasteiger partial charge in [-0.3, -0.25) is 0 Å². The van der Waals surface area contributed by atoms with E-state index in [1.807, 2.05) is 30.3 Å². The van der Waals surface area contributed by atoms with Crippen molar-refractivity contribution in [1.29, 1.82) is 0 Å². The molecule has 0 bridgehead atoms. The number of nitrogens with zero attached hydrogens (tertiary/aromatic N) is 1. The fourth-order valence-electron chi connectivity index (χ4n) is 2.03. The molecule has 0 aliphatic heterocycles. The van der Waals surface area contributed by atoms with Crippen molar-refractivity contribution in [3.63, 3.8) is 0 Å². The van der Waals surface area contributed by atoms with Gasteiger partial charge in [-0.1, -0.05) is 30.3 Å². The lowest BCUT2D eigenvalue weighted by Crippen LogP contribution is -2.20. The molecule has 2 N–H and O–H groups in total. The van der Waals surface area contributed by atoms with Crippen LogP contribution in [0.2, 0.25) is 0 Å². The second kappa shape index (κ2) is 7.56. The Labute approximate surface area is 121 Å². The zero-order valence-corrected chi connectivity index (χ0v) is 12.0. The highest BCUT2D eigenvalue weighted by atomic mass is 16.5. The highest BCUT2D eigenvalue weighted by molar-refractivity contribution is 5.44. The quantitative estimate of drug-likeness (QED) is 0.786. The molecule has 2 rings (SSSR count). The Kier molecular flexibility index (Phi) is 5.44. The average Bonchev–Trinajstić information content (AvgIpc) is 2.53. The molecule has 0 unspecified atom stereocenters. The van der Waals surface area contributed by atoms with Gasteiger partial charge < -0.3 is 15.4 Å². The summed E-state index contributed by atoms with van der Waals surface area (Å²) in [4.78, 5) is 2.24. The summed E-state index contributed by atoms with van der Waals surface area (Å²) in [7, 11) is 2.10. The minimum atomic E-state index is 0.572. The van der Waals surface area contributed by atoms with Crippen molar-refractivity contribution in [2.24, 2.45) is 5.73 Å². The first-order valence-corrected chi connectivity index (χ1v) is 6.97. The standard InChI is InChI=1S/C17H22N2O/c1-19(16-6-3-2-4-7-16)12-5-13-20-17-10-8-15(14-18)9-11-17/h2-4,6-11H,5,12-14,18H2,1H3. The Hall–Kier alpha value is -2.00. The molecule has 0 fully saturated rings. The van der Waals surface area contributed by atoms with Gasteiger partial charge in [0.05, 0.1) is 6.61 Å². The predicted molar refractivity (Wildman–Crippen MR) is 84.2 cm³/mol. The van der Waals surface area contributed by atoms with Crippen LogP contribution in [0.1, 0.15) is 12.0 Å². The summed E-state index contributed by atoms with van der Waals surface area (Å²) in [5.74, 6) is 0.907. The van der Waals surface area contributed by atoms with Crippen molar-refractivity contribution in [3.8, 4) is 5.75 Å². The highest BCUT2D eigenvalue weighted by Gasteiger charge is 2.00. The Morgan fingerprint density at radius 2 is 1.70 bits per heavy atom. The van der Waals surface area contributed by atoms with Gasteiger partial charge in [0, 0.05) is 25.8 Å². The van der Waals surface area contributed by atoms with Crippen LogP contribution in [0.3, 0.4) is 0 Å². The van der Waals surface area contributed by atoms with Gasteiger partial charge in [0.1, 0.15) is 5.75 Å². The molecule has 0 aliphatic carbocycles. The molecule has 0 atom stereocenters. The third-order valence-corrected chi connectivity index (χ3v) is 3.26. The zero-order chi connectivity index (χ0) is 14.2. The van der Waals surface area contributed by atoms with Gasteiger partial charge >= 0.3 is 0 Å². The highest BCUT2D eigenvalue weighted by Crippen LogP contribution is 2.13. The number of nitrogens with two attached hydrogens (primary N) is 1. The maximum absolute atomic E-state index is 5.72. The zero-order valence-electron chi connectivity index (χ0n) is 12.0. The summed E-state index contributed by atoms with van der Waals surface area (Å²) in [5.41, 5.74) is 7.93. The lowest BCUT2D eigenvalue weighted by atomic mass is 10.2. The van der Waals surface area contributed by atoms with E-state index in [1.165, 1.54) is 5.69 Å². The van der Waals surface area contributed by atoms with Crippen LogP contribution >= 0.6 is 0 Å². The molecule has 0 aliphatic rings. The number of anilines is 1. The number of hydrogen-bond donors (Lipinski definition) is 1. The van der Waals surface area contributed by atoms with Crippen LogP contribution < -0.4 is 15.4 Å². The summed E-state index contributed by atoms with van der Waals surface area (Å²) in [6, 6.07) is 18.3. The van der Waals surface area contributed by atoms with Crippen LogP contribution in [0.15, 0.2) is 54.6 Å². The fourth-order valence-corrected chi connectivity index (χ4v) is 2.03. The van der Waals surface area contributed by atoms with E-state index in [9.17, 15) is 0 Å². The fraction of sp³-hybridized carbons (Fsp3) is 0.294. The maximum atomic E-state index is 5.72. The van der Waals surface area contributed by atoms with Crippen molar-refractivity contribution in [2.45, 2.75) is 13.0 Å². The second-order valence-corrected chi connectivity index (χ2v) is 4.81.